The van der Waals surface area contributed by atoms with Gasteiger partial charge in [0.15, 0.2) is 0 Å². The summed E-state index contributed by atoms with van der Waals surface area (Å²) >= 11 is 0. The van der Waals surface area contributed by atoms with Crippen LogP contribution in [0.5, 0.6) is 0 Å². The molecular formula is C13H18N2O2. The molecule has 1 saturated heterocycles. The molecule has 1 atom stereocenters. The molecule has 2 rings (SSSR count). The molecular weight excluding hydrogens is 216 g/mol. The smallest absolute Gasteiger partial charge is 0.272 e. The van der Waals surface area contributed by atoms with E-state index in [9.17, 15) is 9.90 Å². The van der Waals surface area contributed by atoms with Gasteiger partial charge in [0.1, 0.15) is 5.69 Å². The van der Waals surface area contributed by atoms with Crippen LogP contribution in [0.1, 0.15) is 30.8 Å². The molecule has 17 heavy (non-hydrogen) atoms. The Morgan fingerprint density at radius 1 is 1.53 bits per heavy atom. The zero-order chi connectivity index (χ0) is 12.5. The van der Waals surface area contributed by atoms with Gasteiger partial charge in [-0.3, -0.25) is 9.78 Å². The van der Waals surface area contributed by atoms with Crippen LogP contribution in [0.3, 0.4) is 0 Å². The third kappa shape index (κ3) is 2.47. The molecule has 0 saturated carbocycles. The fourth-order valence-corrected chi connectivity index (χ4v) is 2.17. The number of carbonyl (C=O) groups excluding carboxylic acids is 1. The van der Waals surface area contributed by atoms with Crippen molar-refractivity contribution in [3.8, 4) is 0 Å². The van der Waals surface area contributed by atoms with Gasteiger partial charge in [0.05, 0.1) is 6.10 Å². The molecule has 1 unspecified atom stereocenters. The number of likely N-dealkylation sites (tertiary alicyclic amines) is 1. The van der Waals surface area contributed by atoms with E-state index < -0.39 is 0 Å². The summed E-state index contributed by atoms with van der Waals surface area (Å²) < 4.78 is 0. The summed E-state index contributed by atoms with van der Waals surface area (Å²) in [6.07, 6.45) is 1.92. The molecule has 1 aromatic rings. The Morgan fingerprint density at radius 2 is 2.29 bits per heavy atom. The highest BCUT2D eigenvalue weighted by atomic mass is 16.3. The number of amides is 1. The number of carbonyl (C=O) groups is 1. The topological polar surface area (TPSA) is 53.4 Å². The molecule has 0 spiro atoms. The van der Waals surface area contributed by atoms with Crippen molar-refractivity contribution in [3.05, 3.63) is 30.1 Å². The van der Waals surface area contributed by atoms with Gasteiger partial charge in [-0.15, -0.1) is 0 Å². The van der Waals surface area contributed by atoms with Gasteiger partial charge >= 0.3 is 0 Å². The van der Waals surface area contributed by atoms with E-state index in [0.29, 0.717) is 25.2 Å². The molecule has 1 aliphatic rings. The van der Waals surface area contributed by atoms with Gasteiger partial charge in [0.25, 0.3) is 5.91 Å². The highest BCUT2D eigenvalue weighted by Gasteiger charge is 2.36. The van der Waals surface area contributed by atoms with Crippen LogP contribution in [-0.4, -0.2) is 40.1 Å². The molecule has 0 aromatic carbocycles. The Kier molecular flexibility index (Phi) is 3.15. The molecule has 4 heteroatoms. The fraction of sp³-hybridized carbons (Fsp3) is 0.538. The lowest BCUT2D eigenvalue weighted by Gasteiger charge is -2.41. The molecule has 1 amide bonds. The summed E-state index contributed by atoms with van der Waals surface area (Å²) in [5.41, 5.74) is 0.225. The Labute approximate surface area is 101 Å². The third-order valence-electron chi connectivity index (χ3n) is 3.34. The number of nitrogens with zero attached hydrogens (tertiary/aromatic N) is 2. The normalized spacial score (nSPS) is 23.5. The molecule has 1 aliphatic heterocycles. The minimum Gasteiger partial charge on any atom is -0.392 e. The minimum atomic E-state index is -0.338. The monoisotopic (exact) mass is 234 g/mol. The number of hydrogen-bond donors (Lipinski definition) is 1. The van der Waals surface area contributed by atoms with E-state index in [4.69, 9.17) is 0 Å². The first-order chi connectivity index (χ1) is 8.00. The third-order valence-corrected chi connectivity index (χ3v) is 3.34. The van der Waals surface area contributed by atoms with Crippen LogP contribution < -0.4 is 0 Å². The van der Waals surface area contributed by atoms with Gasteiger partial charge in [-0.25, -0.2) is 0 Å². The largest absolute Gasteiger partial charge is 0.392 e. The molecule has 0 bridgehead atoms. The van der Waals surface area contributed by atoms with E-state index in [0.717, 1.165) is 0 Å². The van der Waals surface area contributed by atoms with Crippen molar-refractivity contribution in [2.24, 2.45) is 5.41 Å². The van der Waals surface area contributed by atoms with Crippen molar-refractivity contribution in [3.63, 3.8) is 0 Å². The first-order valence-electron chi connectivity index (χ1n) is 5.89. The number of aromatic nitrogens is 1. The molecule has 2 heterocycles. The molecule has 1 N–H and O–H groups in total. The maximum atomic E-state index is 12.2. The molecule has 1 fully saturated rings. The van der Waals surface area contributed by atoms with Crippen LogP contribution in [0, 0.1) is 5.41 Å². The Bertz CT molecular complexity index is 403. The first kappa shape index (κ1) is 12.0. The summed E-state index contributed by atoms with van der Waals surface area (Å²) in [6, 6.07) is 5.32. The van der Waals surface area contributed by atoms with Gasteiger partial charge in [0, 0.05) is 24.7 Å². The second-order valence-corrected chi connectivity index (χ2v) is 5.23. The minimum absolute atomic E-state index is 0.0504. The number of aliphatic hydroxyl groups excluding tert-OH is 1. The van der Waals surface area contributed by atoms with Crippen LogP contribution in [0.15, 0.2) is 24.4 Å². The average Bonchev–Trinajstić information content (AvgIpc) is 2.33. The van der Waals surface area contributed by atoms with Gasteiger partial charge in [-0.2, -0.15) is 0 Å². The van der Waals surface area contributed by atoms with Crippen molar-refractivity contribution in [2.75, 3.05) is 13.1 Å². The zero-order valence-corrected chi connectivity index (χ0v) is 10.3. The van der Waals surface area contributed by atoms with Crippen LogP contribution in [0.25, 0.3) is 0 Å². The van der Waals surface area contributed by atoms with Crippen LogP contribution in [-0.2, 0) is 0 Å². The van der Waals surface area contributed by atoms with Gasteiger partial charge in [-0.1, -0.05) is 19.9 Å². The second-order valence-electron chi connectivity index (χ2n) is 5.23. The van der Waals surface area contributed by atoms with Crippen molar-refractivity contribution in [2.45, 2.75) is 26.4 Å². The quantitative estimate of drug-likeness (QED) is 0.797. The van der Waals surface area contributed by atoms with Crippen molar-refractivity contribution in [1.82, 2.24) is 9.88 Å². The van der Waals surface area contributed by atoms with Gasteiger partial charge < -0.3 is 10.0 Å². The number of rotatable bonds is 1. The lowest BCUT2D eigenvalue weighted by Crippen LogP contribution is -2.50. The standard InChI is InChI=1S/C13H18N2O2/c1-13(2)9-15(8-6-11(13)16)12(17)10-5-3-4-7-14-10/h3-5,7,11,16H,6,8-9H2,1-2H3. The van der Waals surface area contributed by atoms with Crippen LogP contribution in [0.2, 0.25) is 0 Å². The van der Waals surface area contributed by atoms with Gasteiger partial charge in [-0.05, 0) is 18.6 Å². The average molecular weight is 234 g/mol. The first-order valence-corrected chi connectivity index (χ1v) is 5.89. The molecule has 0 aliphatic carbocycles. The van der Waals surface area contributed by atoms with Crippen molar-refractivity contribution in [1.29, 1.82) is 0 Å². The van der Waals surface area contributed by atoms with Crippen molar-refractivity contribution < 1.29 is 9.90 Å². The highest BCUT2D eigenvalue weighted by molar-refractivity contribution is 5.92. The molecule has 0 radical (unpaired) electrons. The summed E-state index contributed by atoms with van der Waals surface area (Å²) in [5.74, 6) is -0.0504. The lowest BCUT2D eigenvalue weighted by atomic mass is 9.81. The SMILES string of the molecule is CC1(C)CN(C(=O)c2ccccn2)CCC1O. The summed E-state index contributed by atoms with van der Waals surface area (Å²) in [4.78, 5) is 18.0. The van der Waals surface area contributed by atoms with E-state index in [1.807, 2.05) is 19.9 Å². The highest BCUT2D eigenvalue weighted by Crippen LogP contribution is 2.29. The second kappa shape index (κ2) is 4.45. The maximum absolute atomic E-state index is 12.2. The number of pyridine rings is 1. The number of hydrogen-bond acceptors (Lipinski definition) is 3. The Hall–Kier alpha value is -1.42. The number of aliphatic hydroxyl groups is 1. The lowest BCUT2D eigenvalue weighted by molar-refractivity contribution is -0.0184. The molecule has 1 aromatic heterocycles. The van der Waals surface area contributed by atoms with E-state index in [2.05, 4.69) is 4.98 Å². The molecule has 4 nitrogen and oxygen atoms in total. The summed E-state index contributed by atoms with van der Waals surface area (Å²) in [6.45, 7) is 5.13. The van der Waals surface area contributed by atoms with E-state index in [1.165, 1.54) is 0 Å². The Balaban J connectivity index is 2.12. The predicted molar refractivity (Wildman–Crippen MR) is 64.5 cm³/mol. The van der Waals surface area contributed by atoms with Crippen LogP contribution >= 0.6 is 0 Å². The van der Waals surface area contributed by atoms with E-state index in [1.54, 1.807) is 23.2 Å². The fourth-order valence-electron chi connectivity index (χ4n) is 2.17. The van der Waals surface area contributed by atoms with Crippen molar-refractivity contribution >= 4 is 5.91 Å². The summed E-state index contributed by atoms with van der Waals surface area (Å²) in [7, 11) is 0. The number of piperidine rings is 1. The maximum Gasteiger partial charge on any atom is 0.272 e. The van der Waals surface area contributed by atoms with Gasteiger partial charge in [0.2, 0.25) is 0 Å². The van der Waals surface area contributed by atoms with E-state index >= 15 is 0 Å². The summed E-state index contributed by atoms with van der Waals surface area (Å²) in [5, 5.41) is 9.85. The van der Waals surface area contributed by atoms with Crippen LogP contribution in [0.4, 0.5) is 0 Å². The molecule has 92 valence electrons. The zero-order valence-electron chi connectivity index (χ0n) is 10.3. The van der Waals surface area contributed by atoms with E-state index in [-0.39, 0.29) is 17.4 Å². The Morgan fingerprint density at radius 3 is 2.88 bits per heavy atom. The predicted octanol–water partition coefficient (Wildman–Crippen LogP) is 1.31.